The van der Waals surface area contributed by atoms with Crippen LogP contribution in [0.15, 0.2) is 38.9 Å². The van der Waals surface area contributed by atoms with Gasteiger partial charge in [-0.3, -0.25) is 9.59 Å². The van der Waals surface area contributed by atoms with Crippen molar-refractivity contribution in [2.45, 2.75) is 18.8 Å². The molecule has 3 aromatic heterocycles. The number of thiophene rings is 1. The molecule has 4 heterocycles. The van der Waals surface area contributed by atoms with Crippen molar-refractivity contribution in [2.24, 2.45) is 7.05 Å². The average molecular weight is 371 g/mol. The smallest absolute Gasteiger partial charge is 0.274 e. The van der Waals surface area contributed by atoms with Gasteiger partial charge in [0.05, 0.1) is 10.8 Å². The summed E-state index contributed by atoms with van der Waals surface area (Å²) in [4.78, 5) is 26.8. The van der Waals surface area contributed by atoms with Crippen molar-refractivity contribution in [2.75, 3.05) is 13.1 Å². The lowest BCUT2D eigenvalue weighted by Crippen LogP contribution is -2.40. The summed E-state index contributed by atoms with van der Waals surface area (Å²) < 4.78 is 6.99. The summed E-state index contributed by atoms with van der Waals surface area (Å²) in [6.45, 7) is 1.14. The Balaban J connectivity index is 1.51. The number of carbonyl (C=O) groups is 1. The molecule has 0 saturated carbocycles. The third-order valence-electron chi connectivity index (χ3n) is 4.41. The molecule has 0 unspecified atom stereocenters. The zero-order valence-corrected chi connectivity index (χ0v) is 15.0. The molecule has 1 atom stereocenters. The number of aryl methyl sites for hydroxylation is 1. The molecule has 26 heavy (non-hydrogen) atoms. The molecule has 0 aliphatic carbocycles. The van der Waals surface area contributed by atoms with Crippen LogP contribution in [0.2, 0.25) is 0 Å². The lowest BCUT2D eigenvalue weighted by molar-refractivity contribution is 0.0690. The molecule has 1 saturated heterocycles. The molecular formula is C17H17N5O3S. The number of amides is 1. The predicted octanol–water partition coefficient (Wildman–Crippen LogP) is 1.91. The molecule has 8 nitrogen and oxygen atoms in total. The first-order valence-corrected chi connectivity index (χ1v) is 9.20. The Bertz CT molecular complexity index is 978. The normalized spacial score (nSPS) is 17.4. The van der Waals surface area contributed by atoms with Crippen LogP contribution in [0, 0.1) is 0 Å². The van der Waals surface area contributed by atoms with Gasteiger partial charge in [-0.1, -0.05) is 6.07 Å². The summed E-state index contributed by atoms with van der Waals surface area (Å²) >= 11 is 1.54. The van der Waals surface area contributed by atoms with E-state index < -0.39 is 0 Å². The van der Waals surface area contributed by atoms with E-state index in [9.17, 15) is 9.59 Å². The van der Waals surface area contributed by atoms with Crippen molar-refractivity contribution in [1.82, 2.24) is 24.9 Å². The first-order valence-electron chi connectivity index (χ1n) is 8.33. The highest BCUT2D eigenvalue weighted by Crippen LogP contribution is 2.30. The predicted molar refractivity (Wildman–Crippen MR) is 95.0 cm³/mol. The highest BCUT2D eigenvalue weighted by atomic mass is 32.1. The molecule has 0 aromatic carbocycles. The number of rotatable bonds is 3. The first kappa shape index (κ1) is 16.6. The van der Waals surface area contributed by atoms with Crippen molar-refractivity contribution in [3.63, 3.8) is 0 Å². The lowest BCUT2D eigenvalue weighted by atomic mass is 9.98. The van der Waals surface area contributed by atoms with Crippen molar-refractivity contribution in [3.05, 3.63) is 51.6 Å². The molecule has 4 rings (SSSR count). The van der Waals surface area contributed by atoms with Crippen LogP contribution < -0.4 is 5.56 Å². The van der Waals surface area contributed by atoms with E-state index in [0.717, 1.165) is 17.7 Å². The van der Waals surface area contributed by atoms with E-state index in [0.29, 0.717) is 24.9 Å². The Morgan fingerprint density at radius 3 is 2.96 bits per heavy atom. The molecule has 0 N–H and O–H groups in total. The van der Waals surface area contributed by atoms with Crippen molar-refractivity contribution in [1.29, 1.82) is 0 Å². The second-order valence-corrected chi connectivity index (χ2v) is 7.14. The van der Waals surface area contributed by atoms with Gasteiger partial charge in [-0.05, 0) is 30.4 Å². The minimum Gasteiger partial charge on any atom is -0.420 e. The SMILES string of the molecule is Cn1nc(C(=O)N2CCC[C@H](c3nnc(-c4cccs4)o3)C2)ccc1=O. The average Bonchev–Trinajstić information content (AvgIpc) is 3.35. The molecule has 0 spiro atoms. The molecule has 3 aromatic rings. The Morgan fingerprint density at radius 2 is 2.19 bits per heavy atom. The van der Waals surface area contributed by atoms with Gasteiger partial charge < -0.3 is 9.32 Å². The molecule has 1 amide bonds. The van der Waals surface area contributed by atoms with E-state index in [4.69, 9.17) is 4.42 Å². The number of carbonyl (C=O) groups excluding carboxylic acids is 1. The Morgan fingerprint density at radius 1 is 1.31 bits per heavy atom. The van der Waals surface area contributed by atoms with Gasteiger partial charge in [-0.15, -0.1) is 21.5 Å². The van der Waals surface area contributed by atoms with Crippen LogP contribution in [0.25, 0.3) is 10.8 Å². The minimum atomic E-state index is -0.245. The number of likely N-dealkylation sites (tertiary alicyclic amines) is 1. The zero-order chi connectivity index (χ0) is 18.1. The summed E-state index contributed by atoms with van der Waals surface area (Å²) in [5.41, 5.74) is 0.0163. The lowest BCUT2D eigenvalue weighted by Gasteiger charge is -2.30. The van der Waals surface area contributed by atoms with Gasteiger partial charge in [-0.2, -0.15) is 5.10 Å². The number of nitrogens with zero attached hydrogens (tertiary/aromatic N) is 5. The molecule has 0 bridgehead atoms. The van der Waals surface area contributed by atoms with Crippen LogP contribution in [0.5, 0.6) is 0 Å². The standard InChI is InChI=1S/C17H17N5O3S/c1-21-14(23)7-6-12(20-21)17(24)22-8-2-4-11(10-22)15-18-19-16(25-15)13-5-3-9-26-13/h3,5-7,9,11H,2,4,8,10H2,1H3/t11-/m0/s1. The zero-order valence-electron chi connectivity index (χ0n) is 14.2. The monoisotopic (exact) mass is 371 g/mol. The molecule has 1 aliphatic rings. The van der Waals surface area contributed by atoms with Gasteiger partial charge in [0, 0.05) is 26.2 Å². The molecule has 1 aliphatic heterocycles. The van der Waals surface area contributed by atoms with Crippen LogP contribution in [0.4, 0.5) is 0 Å². The van der Waals surface area contributed by atoms with Gasteiger partial charge >= 0.3 is 0 Å². The molecular weight excluding hydrogens is 354 g/mol. The molecule has 1 fully saturated rings. The van der Waals surface area contributed by atoms with Crippen molar-refractivity contribution >= 4 is 17.2 Å². The maximum atomic E-state index is 12.7. The van der Waals surface area contributed by atoms with E-state index in [1.165, 1.54) is 23.9 Å². The Labute approximate surface area is 153 Å². The highest BCUT2D eigenvalue weighted by molar-refractivity contribution is 7.13. The summed E-state index contributed by atoms with van der Waals surface area (Å²) in [6, 6.07) is 6.69. The third-order valence-corrected chi connectivity index (χ3v) is 5.27. The van der Waals surface area contributed by atoms with Gasteiger partial charge in [0.1, 0.15) is 5.69 Å². The van der Waals surface area contributed by atoms with Gasteiger partial charge in [-0.25, -0.2) is 4.68 Å². The second-order valence-electron chi connectivity index (χ2n) is 6.19. The maximum Gasteiger partial charge on any atom is 0.274 e. The first-order chi connectivity index (χ1) is 12.6. The highest BCUT2D eigenvalue weighted by Gasteiger charge is 2.29. The number of aromatic nitrogens is 4. The van der Waals surface area contributed by atoms with E-state index in [1.807, 2.05) is 17.5 Å². The van der Waals surface area contributed by atoms with Crippen LogP contribution in [0.1, 0.15) is 35.1 Å². The van der Waals surface area contributed by atoms with Crippen LogP contribution >= 0.6 is 11.3 Å². The van der Waals surface area contributed by atoms with E-state index in [1.54, 1.807) is 16.2 Å². The van der Waals surface area contributed by atoms with Crippen molar-refractivity contribution in [3.8, 4) is 10.8 Å². The molecule has 0 radical (unpaired) electrons. The van der Waals surface area contributed by atoms with Gasteiger partial charge in [0.2, 0.25) is 5.89 Å². The summed E-state index contributed by atoms with van der Waals surface area (Å²) in [7, 11) is 1.53. The minimum absolute atomic E-state index is 0.00134. The fraction of sp³-hybridized carbons (Fsp3) is 0.353. The fourth-order valence-electron chi connectivity index (χ4n) is 3.04. The number of hydrogen-bond donors (Lipinski definition) is 0. The van der Waals surface area contributed by atoms with E-state index in [-0.39, 0.29) is 23.1 Å². The van der Waals surface area contributed by atoms with E-state index in [2.05, 4.69) is 15.3 Å². The summed E-state index contributed by atoms with van der Waals surface area (Å²) in [5, 5.41) is 14.3. The Kier molecular flexibility index (Phi) is 4.37. The summed E-state index contributed by atoms with van der Waals surface area (Å²) in [5.74, 6) is 0.877. The summed E-state index contributed by atoms with van der Waals surface area (Å²) in [6.07, 6.45) is 1.73. The molecule has 134 valence electrons. The van der Waals surface area contributed by atoms with Gasteiger partial charge in [0.15, 0.2) is 0 Å². The number of piperidine rings is 1. The van der Waals surface area contributed by atoms with Crippen LogP contribution in [-0.4, -0.2) is 43.9 Å². The van der Waals surface area contributed by atoms with E-state index >= 15 is 0 Å². The fourth-order valence-corrected chi connectivity index (χ4v) is 3.69. The third kappa shape index (κ3) is 3.17. The quantitative estimate of drug-likeness (QED) is 0.698. The topological polar surface area (TPSA) is 94.1 Å². The second kappa shape index (κ2) is 6.83. The molecule has 9 heteroatoms. The van der Waals surface area contributed by atoms with Gasteiger partial charge in [0.25, 0.3) is 17.4 Å². The van der Waals surface area contributed by atoms with Crippen molar-refractivity contribution < 1.29 is 9.21 Å². The maximum absolute atomic E-state index is 12.7. The largest absolute Gasteiger partial charge is 0.420 e. The Hall–Kier alpha value is -2.81. The van der Waals surface area contributed by atoms with Crippen LogP contribution in [0.3, 0.4) is 0 Å². The van der Waals surface area contributed by atoms with Crippen LogP contribution in [-0.2, 0) is 7.05 Å². The number of hydrogen-bond acceptors (Lipinski definition) is 7.